The Morgan fingerprint density at radius 2 is 2.10 bits per heavy atom. The summed E-state index contributed by atoms with van der Waals surface area (Å²) in [5.74, 6) is 0.328. The quantitative estimate of drug-likeness (QED) is 0.745. The van der Waals surface area contributed by atoms with Crippen LogP contribution < -0.4 is 10.1 Å². The van der Waals surface area contributed by atoms with Crippen LogP contribution in [0.25, 0.3) is 0 Å². The van der Waals surface area contributed by atoms with Crippen LogP contribution >= 0.6 is 0 Å². The summed E-state index contributed by atoms with van der Waals surface area (Å²) < 4.78 is 10.5. The Labute approximate surface area is 119 Å². The maximum absolute atomic E-state index is 11.8. The highest BCUT2D eigenvalue weighted by Crippen LogP contribution is 2.27. The lowest BCUT2D eigenvalue weighted by molar-refractivity contribution is -0.127. The smallest absolute Gasteiger partial charge is 0.260 e. The molecule has 1 aromatic rings. The van der Waals surface area contributed by atoms with Gasteiger partial charge >= 0.3 is 0 Å². The van der Waals surface area contributed by atoms with Crippen LogP contribution in [0.3, 0.4) is 0 Å². The van der Waals surface area contributed by atoms with E-state index in [1.54, 1.807) is 21.0 Å². The lowest BCUT2D eigenvalue weighted by Gasteiger charge is -2.19. The maximum atomic E-state index is 11.8. The van der Waals surface area contributed by atoms with Gasteiger partial charge in [-0.05, 0) is 32.4 Å². The van der Waals surface area contributed by atoms with Crippen LogP contribution in [-0.4, -0.2) is 37.4 Å². The highest BCUT2D eigenvalue weighted by atomic mass is 16.5. The minimum absolute atomic E-state index is 0.208. The minimum atomic E-state index is -0.644. The molecule has 2 N–H and O–H groups in total. The van der Waals surface area contributed by atoms with E-state index in [0.29, 0.717) is 24.5 Å². The Bertz CT molecular complexity index is 445. The first-order chi connectivity index (χ1) is 9.45. The molecule has 0 spiro atoms. The van der Waals surface area contributed by atoms with E-state index >= 15 is 0 Å². The maximum Gasteiger partial charge on any atom is 0.260 e. The van der Waals surface area contributed by atoms with Gasteiger partial charge in [-0.15, -0.1) is 0 Å². The Morgan fingerprint density at radius 1 is 1.40 bits per heavy atom. The average Bonchev–Trinajstić information content (AvgIpc) is 2.38. The molecule has 112 valence electrons. The molecular weight excluding hydrogens is 258 g/mol. The Morgan fingerprint density at radius 3 is 2.70 bits per heavy atom. The van der Waals surface area contributed by atoms with Crippen LogP contribution in [0.4, 0.5) is 0 Å². The molecule has 0 aliphatic heterocycles. The van der Waals surface area contributed by atoms with Crippen LogP contribution in [0.2, 0.25) is 0 Å². The number of ether oxygens (including phenoxy) is 2. The molecule has 2 atom stereocenters. The zero-order valence-corrected chi connectivity index (χ0v) is 12.5. The van der Waals surface area contributed by atoms with Gasteiger partial charge in [-0.25, -0.2) is 0 Å². The predicted octanol–water partition coefficient (Wildman–Crippen LogP) is 1.58. The fraction of sp³-hybridized carbons (Fsp3) is 0.533. The van der Waals surface area contributed by atoms with Crippen molar-refractivity contribution in [3.8, 4) is 5.75 Å². The predicted molar refractivity (Wildman–Crippen MR) is 76.8 cm³/mol. The minimum Gasteiger partial charge on any atom is -0.481 e. The van der Waals surface area contributed by atoms with Crippen molar-refractivity contribution in [2.24, 2.45) is 0 Å². The van der Waals surface area contributed by atoms with Gasteiger partial charge in [-0.3, -0.25) is 4.79 Å². The molecule has 1 rings (SSSR count). The van der Waals surface area contributed by atoms with Gasteiger partial charge in [0.15, 0.2) is 6.10 Å². The molecule has 0 aliphatic carbocycles. The molecule has 0 bridgehead atoms. The van der Waals surface area contributed by atoms with Gasteiger partial charge in [-0.1, -0.05) is 12.1 Å². The summed E-state index contributed by atoms with van der Waals surface area (Å²) in [4.78, 5) is 11.8. The summed E-state index contributed by atoms with van der Waals surface area (Å²) in [6, 6.07) is 5.53. The first-order valence-corrected chi connectivity index (χ1v) is 6.67. The highest BCUT2D eigenvalue weighted by molar-refractivity contribution is 5.80. The first-order valence-electron chi connectivity index (χ1n) is 6.67. The number of rotatable bonds is 7. The van der Waals surface area contributed by atoms with Crippen molar-refractivity contribution in [3.05, 3.63) is 29.3 Å². The zero-order valence-electron chi connectivity index (χ0n) is 12.5. The molecule has 5 heteroatoms. The standard InChI is InChI=1S/C15H23NO4/c1-10-5-6-13(11(2)17)14(9-10)20-12(3)15(18)16-7-8-19-4/h5-6,9,11-12,17H,7-8H2,1-4H3,(H,16,18)/t11-,12?/m0/s1. The Kier molecular flexibility index (Phi) is 6.48. The van der Waals surface area contributed by atoms with Gasteiger partial charge in [0, 0.05) is 19.2 Å². The lowest BCUT2D eigenvalue weighted by Crippen LogP contribution is -2.38. The van der Waals surface area contributed by atoms with Crippen LogP contribution in [0, 0.1) is 6.92 Å². The topological polar surface area (TPSA) is 67.8 Å². The number of hydrogen-bond donors (Lipinski definition) is 2. The number of aryl methyl sites for hydroxylation is 1. The van der Waals surface area contributed by atoms with E-state index in [0.717, 1.165) is 5.56 Å². The third kappa shape index (κ3) is 4.83. The number of benzene rings is 1. The van der Waals surface area contributed by atoms with E-state index in [-0.39, 0.29) is 5.91 Å². The van der Waals surface area contributed by atoms with Crippen molar-refractivity contribution < 1.29 is 19.4 Å². The van der Waals surface area contributed by atoms with E-state index in [9.17, 15) is 9.90 Å². The summed E-state index contributed by atoms with van der Waals surface area (Å²) in [5, 5.41) is 12.4. The molecule has 5 nitrogen and oxygen atoms in total. The molecule has 1 aromatic carbocycles. The third-order valence-electron chi connectivity index (χ3n) is 2.90. The second-order valence-corrected chi connectivity index (χ2v) is 4.76. The molecular formula is C15H23NO4. The second kappa shape index (κ2) is 7.87. The molecule has 1 unspecified atom stereocenters. The zero-order chi connectivity index (χ0) is 15.1. The summed E-state index contributed by atoms with van der Waals surface area (Å²) in [6.45, 7) is 6.18. The fourth-order valence-corrected chi connectivity index (χ4v) is 1.75. The van der Waals surface area contributed by atoms with Gasteiger partial charge in [0.2, 0.25) is 0 Å². The van der Waals surface area contributed by atoms with Crippen molar-refractivity contribution >= 4 is 5.91 Å². The summed E-state index contributed by atoms with van der Waals surface area (Å²) in [5.41, 5.74) is 1.68. The molecule has 0 saturated carbocycles. The number of nitrogens with one attached hydrogen (secondary N) is 1. The second-order valence-electron chi connectivity index (χ2n) is 4.76. The number of amides is 1. The monoisotopic (exact) mass is 281 g/mol. The first kappa shape index (κ1) is 16.5. The third-order valence-corrected chi connectivity index (χ3v) is 2.90. The molecule has 0 aliphatic rings. The van der Waals surface area contributed by atoms with E-state index in [1.165, 1.54) is 0 Å². The van der Waals surface area contributed by atoms with E-state index in [2.05, 4.69) is 5.32 Å². The van der Waals surface area contributed by atoms with Gasteiger partial charge in [0.05, 0.1) is 12.7 Å². The molecule has 0 radical (unpaired) electrons. The van der Waals surface area contributed by atoms with Gasteiger partial charge in [0.25, 0.3) is 5.91 Å². The van der Waals surface area contributed by atoms with Crippen molar-refractivity contribution in [2.75, 3.05) is 20.3 Å². The van der Waals surface area contributed by atoms with E-state index in [4.69, 9.17) is 9.47 Å². The van der Waals surface area contributed by atoms with Crippen LogP contribution in [0.1, 0.15) is 31.1 Å². The number of aliphatic hydroxyl groups is 1. The van der Waals surface area contributed by atoms with Crippen molar-refractivity contribution in [1.29, 1.82) is 0 Å². The number of carbonyl (C=O) groups is 1. The number of carbonyl (C=O) groups excluding carboxylic acids is 1. The molecule has 1 amide bonds. The number of aliphatic hydroxyl groups excluding tert-OH is 1. The molecule has 0 heterocycles. The summed E-state index contributed by atoms with van der Waals surface area (Å²) in [7, 11) is 1.58. The molecule has 0 aromatic heterocycles. The molecule has 0 fully saturated rings. The SMILES string of the molecule is COCCNC(=O)C(C)Oc1cc(C)ccc1[C@H](C)O. The normalized spacial score (nSPS) is 13.7. The van der Waals surface area contributed by atoms with Crippen molar-refractivity contribution in [3.63, 3.8) is 0 Å². The lowest BCUT2D eigenvalue weighted by atomic mass is 10.1. The van der Waals surface area contributed by atoms with Gasteiger partial charge in [-0.2, -0.15) is 0 Å². The largest absolute Gasteiger partial charge is 0.481 e. The van der Waals surface area contributed by atoms with Crippen molar-refractivity contribution in [1.82, 2.24) is 5.32 Å². The summed E-state index contributed by atoms with van der Waals surface area (Å²) >= 11 is 0. The summed E-state index contributed by atoms with van der Waals surface area (Å²) in [6.07, 6.45) is -1.28. The average molecular weight is 281 g/mol. The van der Waals surface area contributed by atoms with Crippen LogP contribution in [0.5, 0.6) is 5.75 Å². The molecule has 0 saturated heterocycles. The Hall–Kier alpha value is -1.59. The fourth-order valence-electron chi connectivity index (χ4n) is 1.75. The van der Waals surface area contributed by atoms with Crippen LogP contribution in [-0.2, 0) is 9.53 Å². The van der Waals surface area contributed by atoms with Crippen molar-refractivity contribution in [2.45, 2.75) is 33.0 Å². The van der Waals surface area contributed by atoms with Gasteiger partial charge < -0.3 is 19.9 Å². The van der Waals surface area contributed by atoms with Crippen LogP contribution in [0.15, 0.2) is 18.2 Å². The number of hydrogen-bond acceptors (Lipinski definition) is 4. The van der Waals surface area contributed by atoms with Gasteiger partial charge in [0.1, 0.15) is 5.75 Å². The highest BCUT2D eigenvalue weighted by Gasteiger charge is 2.17. The number of methoxy groups -OCH3 is 1. The Balaban J connectivity index is 2.71. The van der Waals surface area contributed by atoms with E-state index < -0.39 is 12.2 Å². The van der Waals surface area contributed by atoms with E-state index in [1.807, 2.05) is 25.1 Å². The molecule has 20 heavy (non-hydrogen) atoms.